The number of hydrogen-bond donors (Lipinski definition) is 1. The van der Waals surface area contributed by atoms with Crippen molar-refractivity contribution in [2.24, 2.45) is 0 Å². The molecule has 0 spiro atoms. The lowest BCUT2D eigenvalue weighted by Gasteiger charge is -2.11. The average molecular weight is 322 g/mol. The largest absolute Gasteiger partial charge is 0.387 e. The standard InChI is InChI=1S/C11H8BrClF2N2/c1-16-7-4-8(11(14)15)17-10-6(13)3-2-5(12)9(7)10/h2-4,11H,1H3,(H,16,17). The van der Waals surface area contributed by atoms with Crippen LogP contribution >= 0.6 is 27.5 Å². The number of nitrogens with zero attached hydrogens (tertiary/aromatic N) is 1. The van der Waals surface area contributed by atoms with Gasteiger partial charge < -0.3 is 5.32 Å². The van der Waals surface area contributed by atoms with Crippen molar-refractivity contribution >= 4 is 44.1 Å². The maximum atomic E-state index is 12.7. The van der Waals surface area contributed by atoms with Crippen LogP contribution in [0.5, 0.6) is 0 Å². The van der Waals surface area contributed by atoms with Crippen LogP contribution in [0.15, 0.2) is 22.7 Å². The number of anilines is 1. The summed E-state index contributed by atoms with van der Waals surface area (Å²) in [6.45, 7) is 0. The second-order valence-corrected chi connectivity index (χ2v) is 4.66. The number of hydrogen-bond acceptors (Lipinski definition) is 2. The molecule has 1 N–H and O–H groups in total. The van der Waals surface area contributed by atoms with E-state index in [1.807, 2.05) is 0 Å². The monoisotopic (exact) mass is 320 g/mol. The summed E-state index contributed by atoms with van der Waals surface area (Å²) >= 11 is 9.34. The van der Waals surface area contributed by atoms with E-state index in [0.717, 1.165) is 4.47 Å². The van der Waals surface area contributed by atoms with E-state index in [9.17, 15) is 8.78 Å². The van der Waals surface area contributed by atoms with E-state index in [-0.39, 0.29) is 5.69 Å². The number of alkyl halides is 2. The van der Waals surface area contributed by atoms with Crippen LogP contribution in [0.1, 0.15) is 12.1 Å². The van der Waals surface area contributed by atoms with Gasteiger partial charge in [0.1, 0.15) is 5.69 Å². The Labute approximate surface area is 110 Å². The van der Waals surface area contributed by atoms with Gasteiger partial charge in [-0.3, -0.25) is 0 Å². The highest BCUT2D eigenvalue weighted by atomic mass is 79.9. The van der Waals surface area contributed by atoms with Gasteiger partial charge in [-0.2, -0.15) is 0 Å². The van der Waals surface area contributed by atoms with Crippen LogP contribution in [-0.2, 0) is 0 Å². The Hall–Kier alpha value is -0.940. The predicted octanol–water partition coefficient (Wildman–Crippen LogP) is 4.63. The summed E-state index contributed by atoms with van der Waals surface area (Å²) in [4.78, 5) is 3.89. The van der Waals surface area contributed by atoms with Gasteiger partial charge in [0.25, 0.3) is 6.43 Å². The fraction of sp³-hybridized carbons (Fsp3) is 0.182. The summed E-state index contributed by atoms with van der Waals surface area (Å²) in [6.07, 6.45) is -2.62. The van der Waals surface area contributed by atoms with Crippen molar-refractivity contribution in [1.82, 2.24) is 4.98 Å². The van der Waals surface area contributed by atoms with Gasteiger partial charge in [-0.15, -0.1) is 0 Å². The van der Waals surface area contributed by atoms with Crippen molar-refractivity contribution in [1.29, 1.82) is 0 Å². The molecule has 6 heteroatoms. The molecule has 2 rings (SSSR count). The number of fused-ring (bicyclic) bond motifs is 1. The van der Waals surface area contributed by atoms with Gasteiger partial charge >= 0.3 is 0 Å². The third-order valence-electron chi connectivity index (χ3n) is 2.37. The van der Waals surface area contributed by atoms with Crippen molar-refractivity contribution in [2.75, 3.05) is 12.4 Å². The number of nitrogens with one attached hydrogen (secondary N) is 1. The van der Waals surface area contributed by atoms with Gasteiger partial charge in [0.2, 0.25) is 0 Å². The van der Waals surface area contributed by atoms with Gasteiger partial charge in [-0.05, 0) is 18.2 Å². The van der Waals surface area contributed by atoms with Crippen molar-refractivity contribution in [3.8, 4) is 0 Å². The molecule has 0 amide bonds. The third kappa shape index (κ3) is 2.21. The molecule has 17 heavy (non-hydrogen) atoms. The average Bonchev–Trinajstić information content (AvgIpc) is 2.32. The zero-order valence-corrected chi connectivity index (χ0v) is 11.1. The first-order valence-electron chi connectivity index (χ1n) is 4.79. The molecule has 1 aromatic heterocycles. The van der Waals surface area contributed by atoms with Crippen LogP contribution in [0, 0.1) is 0 Å². The van der Waals surface area contributed by atoms with Crippen molar-refractivity contribution in [2.45, 2.75) is 6.43 Å². The van der Waals surface area contributed by atoms with Crippen molar-refractivity contribution in [3.05, 3.63) is 33.4 Å². The first kappa shape index (κ1) is 12.5. The first-order chi connectivity index (χ1) is 8.04. The van der Waals surface area contributed by atoms with Crippen LogP contribution < -0.4 is 5.32 Å². The minimum atomic E-state index is -2.62. The van der Waals surface area contributed by atoms with E-state index in [1.54, 1.807) is 19.2 Å². The summed E-state index contributed by atoms with van der Waals surface area (Å²) in [5, 5.41) is 3.92. The van der Waals surface area contributed by atoms with Gasteiger partial charge in [-0.25, -0.2) is 13.8 Å². The molecule has 2 aromatic rings. The molecule has 0 atom stereocenters. The number of pyridine rings is 1. The predicted molar refractivity (Wildman–Crippen MR) is 69.0 cm³/mol. The summed E-state index contributed by atoms with van der Waals surface area (Å²) in [6, 6.07) is 4.71. The Morgan fingerprint density at radius 2 is 2.12 bits per heavy atom. The lowest BCUT2D eigenvalue weighted by molar-refractivity contribution is 0.146. The number of aromatic nitrogens is 1. The maximum Gasteiger partial charge on any atom is 0.280 e. The summed E-state index contributed by atoms with van der Waals surface area (Å²) in [5.74, 6) is 0. The lowest BCUT2D eigenvalue weighted by Crippen LogP contribution is -1.98. The third-order valence-corrected chi connectivity index (χ3v) is 3.34. The minimum absolute atomic E-state index is 0.290. The molecule has 1 aromatic carbocycles. The molecular formula is C11H8BrClF2N2. The van der Waals surface area contributed by atoms with E-state index < -0.39 is 6.43 Å². The Morgan fingerprint density at radius 1 is 1.41 bits per heavy atom. The van der Waals surface area contributed by atoms with Crippen LogP contribution in [0.25, 0.3) is 10.9 Å². The van der Waals surface area contributed by atoms with E-state index in [1.165, 1.54) is 6.07 Å². The minimum Gasteiger partial charge on any atom is -0.387 e. The van der Waals surface area contributed by atoms with Crippen LogP contribution in [-0.4, -0.2) is 12.0 Å². The molecule has 0 radical (unpaired) electrons. The Morgan fingerprint density at radius 3 is 2.71 bits per heavy atom. The van der Waals surface area contributed by atoms with Gasteiger partial charge in [-0.1, -0.05) is 27.5 Å². The molecule has 1 heterocycles. The second-order valence-electron chi connectivity index (χ2n) is 3.40. The molecule has 0 saturated heterocycles. The van der Waals surface area contributed by atoms with Crippen LogP contribution in [0.2, 0.25) is 5.02 Å². The molecule has 0 saturated carbocycles. The molecule has 0 unspecified atom stereocenters. The fourth-order valence-corrected chi connectivity index (χ4v) is 2.33. The highest BCUT2D eigenvalue weighted by Gasteiger charge is 2.15. The van der Waals surface area contributed by atoms with E-state index in [4.69, 9.17) is 11.6 Å². The summed E-state index contributed by atoms with van der Waals surface area (Å²) < 4.78 is 26.2. The van der Waals surface area contributed by atoms with Crippen LogP contribution in [0.4, 0.5) is 14.5 Å². The molecule has 2 nitrogen and oxygen atoms in total. The zero-order valence-electron chi connectivity index (χ0n) is 8.77. The number of benzene rings is 1. The van der Waals surface area contributed by atoms with Gasteiger partial charge in [0.15, 0.2) is 0 Å². The second kappa shape index (κ2) is 4.74. The summed E-state index contributed by atoms with van der Waals surface area (Å²) in [5.41, 5.74) is 0.643. The molecule has 90 valence electrons. The Bertz CT molecular complexity index is 575. The Balaban J connectivity index is 2.87. The molecule has 0 fully saturated rings. The number of halogens is 4. The number of rotatable bonds is 2. The molecular weight excluding hydrogens is 313 g/mol. The lowest BCUT2D eigenvalue weighted by atomic mass is 10.1. The highest BCUT2D eigenvalue weighted by molar-refractivity contribution is 9.10. The summed E-state index contributed by atoms with van der Waals surface area (Å²) in [7, 11) is 1.66. The first-order valence-corrected chi connectivity index (χ1v) is 5.96. The van der Waals surface area contributed by atoms with Crippen molar-refractivity contribution < 1.29 is 8.78 Å². The fourth-order valence-electron chi connectivity index (χ4n) is 1.60. The molecule has 0 aliphatic rings. The van der Waals surface area contributed by atoms with Crippen molar-refractivity contribution in [3.63, 3.8) is 0 Å². The van der Waals surface area contributed by atoms with Gasteiger partial charge in [0.05, 0.1) is 10.5 Å². The molecule has 0 aliphatic carbocycles. The maximum absolute atomic E-state index is 12.7. The Kier molecular flexibility index (Phi) is 3.49. The zero-order chi connectivity index (χ0) is 12.6. The smallest absolute Gasteiger partial charge is 0.280 e. The topological polar surface area (TPSA) is 24.9 Å². The SMILES string of the molecule is CNc1cc(C(F)F)nc2c(Cl)ccc(Br)c12. The van der Waals surface area contributed by atoms with Gasteiger partial charge in [0, 0.05) is 22.6 Å². The van der Waals surface area contributed by atoms with E-state index >= 15 is 0 Å². The molecule has 0 aliphatic heterocycles. The van der Waals surface area contributed by atoms with E-state index in [2.05, 4.69) is 26.2 Å². The quantitative estimate of drug-likeness (QED) is 0.872. The van der Waals surface area contributed by atoms with Crippen LogP contribution in [0.3, 0.4) is 0 Å². The molecule has 0 bridgehead atoms. The highest BCUT2D eigenvalue weighted by Crippen LogP contribution is 2.36. The normalized spacial score (nSPS) is 11.2. The van der Waals surface area contributed by atoms with E-state index in [0.29, 0.717) is 21.6 Å².